The second-order valence-electron chi connectivity index (χ2n) is 5.03. The SMILES string of the molecule is CN1C(=O)/C(=C/c2ccc(C(=O)Nc3ccccn3)cc2)SC1=S. The molecule has 2 heterocycles. The fourth-order valence-electron chi connectivity index (χ4n) is 2.05. The van der Waals surface area contributed by atoms with E-state index in [0.29, 0.717) is 20.6 Å². The molecule has 0 spiro atoms. The maximum atomic E-state index is 12.2. The van der Waals surface area contributed by atoms with Gasteiger partial charge in [-0.15, -0.1) is 0 Å². The minimum absolute atomic E-state index is 0.109. The highest BCUT2D eigenvalue weighted by molar-refractivity contribution is 8.26. The van der Waals surface area contributed by atoms with E-state index >= 15 is 0 Å². The zero-order valence-electron chi connectivity index (χ0n) is 12.7. The predicted molar refractivity (Wildman–Crippen MR) is 99.6 cm³/mol. The number of aromatic nitrogens is 1. The number of anilines is 1. The van der Waals surface area contributed by atoms with Crippen LogP contribution in [0, 0.1) is 0 Å². The molecule has 2 aromatic rings. The third-order valence-corrected chi connectivity index (χ3v) is 4.85. The molecule has 1 N–H and O–H groups in total. The summed E-state index contributed by atoms with van der Waals surface area (Å²) in [6.45, 7) is 0. The van der Waals surface area contributed by atoms with Gasteiger partial charge in [0, 0.05) is 18.8 Å². The van der Waals surface area contributed by atoms with Crippen molar-refractivity contribution in [2.24, 2.45) is 0 Å². The van der Waals surface area contributed by atoms with Gasteiger partial charge in [-0.25, -0.2) is 4.98 Å². The van der Waals surface area contributed by atoms with Gasteiger partial charge in [-0.05, 0) is 35.9 Å². The molecule has 1 saturated heterocycles. The Morgan fingerprint density at radius 3 is 2.58 bits per heavy atom. The van der Waals surface area contributed by atoms with Gasteiger partial charge in [0.15, 0.2) is 0 Å². The van der Waals surface area contributed by atoms with Gasteiger partial charge >= 0.3 is 0 Å². The molecule has 120 valence electrons. The topological polar surface area (TPSA) is 62.3 Å². The lowest BCUT2D eigenvalue weighted by Crippen LogP contribution is -2.22. The second kappa shape index (κ2) is 6.94. The second-order valence-corrected chi connectivity index (χ2v) is 6.71. The minimum atomic E-state index is -0.236. The van der Waals surface area contributed by atoms with Crippen molar-refractivity contribution in [3.8, 4) is 0 Å². The maximum absolute atomic E-state index is 12.2. The lowest BCUT2D eigenvalue weighted by atomic mass is 10.1. The molecule has 0 radical (unpaired) electrons. The summed E-state index contributed by atoms with van der Waals surface area (Å²) in [4.78, 5) is 30.2. The number of nitrogens with one attached hydrogen (secondary N) is 1. The molecule has 1 aliphatic rings. The Morgan fingerprint density at radius 2 is 2.00 bits per heavy atom. The first kappa shape index (κ1) is 16.4. The number of benzene rings is 1. The van der Waals surface area contributed by atoms with Gasteiger partial charge in [0.05, 0.1) is 4.91 Å². The molecular weight excluding hydrogens is 342 g/mol. The number of carbonyl (C=O) groups is 2. The average molecular weight is 355 g/mol. The van der Waals surface area contributed by atoms with Crippen molar-refractivity contribution in [2.45, 2.75) is 0 Å². The van der Waals surface area contributed by atoms with E-state index in [2.05, 4.69) is 10.3 Å². The fourth-order valence-corrected chi connectivity index (χ4v) is 3.23. The van der Waals surface area contributed by atoms with E-state index in [-0.39, 0.29) is 11.8 Å². The van der Waals surface area contributed by atoms with Crippen LogP contribution in [0.15, 0.2) is 53.6 Å². The van der Waals surface area contributed by atoms with Crippen LogP contribution in [0.4, 0.5) is 5.82 Å². The van der Waals surface area contributed by atoms with Gasteiger partial charge in [-0.1, -0.05) is 42.2 Å². The number of hydrogen-bond donors (Lipinski definition) is 1. The van der Waals surface area contributed by atoms with Crippen LogP contribution in [-0.2, 0) is 4.79 Å². The molecule has 0 saturated carbocycles. The average Bonchev–Trinajstić information content (AvgIpc) is 2.83. The third-order valence-electron chi connectivity index (χ3n) is 3.36. The molecule has 2 amide bonds. The maximum Gasteiger partial charge on any atom is 0.265 e. The quantitative estimate of drug-likeness (QED) is 0.677. The van der Waals surface area contributed by atoms with Crippen molar-refractivity contribution < 1.29 is 9.59 Å². The monoisotopic (exact) mass is 355 g/mol. The number of nitrogens with zero attached hydrogens (tertiary/aromatic N) is 2. The molecule has 0 atom stereocenters. The lowest BCUT2D eigenvalue weighted by molar-refractivity contribution is -0.121. The first-order valence-electron chi connectivity index (χ1n) is 7.08. The standard InChI is InChI=1S/C17H13N3O2S2/c1-20-16(22)13(24-17(20)23)10-11-5-7-12(8-6-11)15(21)19-14-4-2-3-9-18-14/h2-10H,1H3,(H,18,19,21)/b13-10-. The Hall–Kier alpha value is -2.51. The molecule has 0 aliphatic carbocycles. The molecule has 3 rings (SSSR count). The summed E-state index contributed by atoms with van der Waals surface area (Å²) >= 11 is 6.37. The molecule has 1 aromatic heterocycles. The molecule has 24 heavy (non-hydrogen) atoms. The largest absolute Gasteiger partial charge is 0.307 e. The highest BCUT2D eigenvalue weighted by Gasteiger charge is 2.28. The van der Waals surface area contributed by atoms with Crippen LogP contribution in [0.5, 0.6) is 0 Å². The van der Waals surface area contributed by atoms with E-state index in [1.807, 2.05) is 0 Å². The number of thiocarbonyl (C=S) groups is 1. The smallest absolute Gasteiger partial charge is 0.265 e. The number of amides is 2. The van der Waals surface area contributed by atoms with Gasteiger partial charge < -0.3 is 5.32 Å². The molecule has 0 bridgehead atoms. The minimum Gasteiger partial charge on any atom is -0.307 e. The van der Waals surface area contributed by atoms with Crippen LogP contribution in [0.25, 0.3) is 6.08 Å². The van der Waals surface area contributed by atoms with Crippen molar-refractivity contribution in [1.29, 1.82) is 0 Å². The van der Waals surface area contributed by atoms with Crippen molar-refractivity contribution in [2.75, 3.05) is 12.4 Å². The molecule has 1 fully saturated rings. The van der Waals surface area contributed by atoms with Crippen molar-refractivity contribution in [1.82, 2.24) is 9.88 Å². The highest BCUT2D eigenvalue weighted by Crippen LogP contribution is 2.31. The van der Waals surface area contributed by atoms with Crippen LogP contribution in [0.1, 0.15) is 15.9 Å². The van der Waals surface area contributed by atoms with E-state index in [9.17, 15) is 9.59 Å². The Morgan fingerprint density at radius 1 is 1.25 bits per heavy atom. The normalized spacial score (nSPS) is 15.9. The van der Waals surface area contributed by atoms with Crippen LogP contribution in [0.2, 0.25) is 0 Å². The molecule has 5 nitrogen and oxygen atoms in total. The summed E-state index contributed by atoms with van der Waals surface area (Å²) in [7, 11) is 1.66. The van der Waals surface area contributed by atoms with Gasteiger partial charge in [-0.2, -0.15) is 0 Å². The zero-order chi connectivity index (χ0) is 17.1. The summed E-state index contributed by atoms with van der Waals surface area (Å²) in [5.74, 6) is 0.153. The van der Waals surface area contributed by atoms with E-state index in [1.165, 1.54) is 16.7 Å². The summed E-state index contributed by atoms with van der Waals surface area (Å²) in [6, 6.07) is 12.3. The van der Waals surface area contributed by atoms with E-state index in [4.69, 9.17) is 12.2 Å². The Kier molecular flexibility index (Phi) is 4.73. The number of thioether (sulfide) groups is 1. The summed E-state index contributed by atoms with van der Waals surface area (Å²) < 4.78 is 0.539. The van der Waals surface area contributed by atoms with E-state index in [1.54, 1.807) is 61.8 Å². The van der Waals surface area contributed by atoms with Crippen LogP contribution >= 0.6 is 24.0 Å². The molecule has 1 aromatic carbocycles. The molecular formula is C17H13N3O2S2. The van der Waals surface area contributed by atoms with E-state index < -0.39 is 0 Å². The van der Waals surface area contributed by atoms with Gasteiger partial charge in [0.1, 0.15) is 10.1 Å². The number of rotatable bonds is 3. The number of carbonyl (C=O) groups excluding carboxylic acids is 2. The number of likely N-dealkylation sites (N-methyl/N-ethyl adjacent to an activating group) is 1. The molecule has 0 unspecified atom stereocenters. The van der Waals surface area contributed by atoms with Crippen molar-refractivity contribution >= 4 is 52.0 Å². The van der Waals surface area contributed by atoms with Crippen LogP contribution < -0.4 is 5.32 Å². The Balaban J connectivity index is 1.73. The van der Waals surface area contributed by atoms with Crippen LogP contribution in [-0.4, -0.2) is 33.1 Å². The van der Waals surface area contributed by atoms with Crippen LogP contribution in [0.3, 0.4) is 0 Å². The predicted octanol–water partition coefficient (Wildman–Crippen LogP) is 3.16. The summed E-state index contributed by atoms with van der Waals surface area (Å²) in [5.41, 5.74) is 1.35. The number of hydrogen-bond acceptors (Lipinski definition) is 5. The van der Waals surface area contributed by atoms with Gasteiger partial charge in [0.25, 0.3) is 11.8 Å². The summed E-state index contributed by atoms with van der Waals surface area (Å²) in [5, 5.41) is 2.72. The zero-order valence-corrected chi connectivity index (χ0v) is 14.4. The first-order valence-corrected chi connectivity index (χ1v) is 8.31. The van der Waals surface area contributed by atoms with Gasteiger partial charge in [-0.3, -0.25) is 14.5 Å². The fraction of sp³-hybridized carbons (Fsp3) is 0.0588. The number of pyridine rings is 1. The van der Waals surface area contributed by atoms with E-state index in [0.717, 1.165) is 5.56 Å². The van der Waals surface area contributed by atoms with Crippen molar-refractivity contribution in [3.63, 3.8) is 0 Å². The first-order chi connectivity index (χ1) is 11.5. The third kappa shape index (κ3) is 3.52. The van der Waals surface area contributed by atoms with Crippen molar-refractivity contribution in [3.05, 3.63) is 64.7 Å². The lowest BCUT2D eigenvalue weighted by Gasteiger charge is -2.05. The highest BCUT2D eigenvalue weighted by atomic mass is 32.2. The molecule has 1 aliphatic heterocycles. The summed E-state index contributed by atoms with van der Waals surface area (Å²) in [6.07, 6.45) is 3.38. The van der Waals surface area contributed by atoms with Gasteiger partial charge in [0.2, 0.25) is 0 Å². The molecule has 7 heteroatoms. The Bertz CT molecular complexity index is 833. The Labute approximate surface area is 148 Å².